The number of nitrogens with two attached hydrogens (primary N) is 1. The lowest BCUT2D eigenvalue weighted by Gasteiger charge is -2.28. The minimum atomic E-state index is -1.17. The summed E-state index contributed by atoms with van der Waals surface area (Å²) in [6, 6.07) is -0.138. The Morgan fingerprint density at radius 1 is 1.50 bits per heavy atom. The van der Waals surface area contributed by atoms with Crippen LogP contribution >= 0.6 is 0 Å². The maximum absolute atomic E-state index is 13.4. The molecule has 1 aliphatic rings. The average Bonchev–Trinajstić information content (AvgIpc) is 2.28. The SMILES string of the molecule is COC(=O)CNC(=O)C1CC(N)CCC1F. The molecule has 0 aliphatic heterocycles. The number of hydrogen-bond acceptors (Lipinski definition) is 4. The van der Waals surface area contributed by atoms with Crippen LogP contribution in [-0.2, 0) is 14.3 Å². The minimum Gasteiger partial charge on any atom is -0.468 e. The number of esters is 1. The normalized spacial score (nSPS) is 29.6. The Kier molecular flexibility index (Phi) is 4.67. The van der Waals surface area contributed by atoms with E-state index in [1.807, 2.05) is 0 Å². The summed E-state index contributed by atoms with van der Waals surface area (Å²) in [4.78, 5) is 22.3. The number of rotatable bonds is 3. The first-order chi connectivity index (χ1) is 7.54. The lowest BCUT2D eigenvalue weighted by Crippen LogP contribution is -2.44. The zero-order chi connectivity index (χ0) is 12.1. The first-order valence-corrected chi connectivity index (χ1v) is 5.28. The molecule has 3 atom stereocenters. The van der Waals surface area contributed by atoms with Gasteiger partial charge >= 0.3 is 5.97 Å². The predicted octanol–water partition coefficient (Wildman–Crippen LogP) is -0.259. The quantitative estimate of drug-likeness (QED) is 0.657. The number of ether oxygens (including phenoxy) is 1. The topological polar surface area (TPSA) is 81.4 Å². The lowest BCUT2D eigenvalue weighted by atomic mass is 9.84. The van der Waals surface area contributed by atoms with E-state index in [1.165, 1.54) is 7.11 Å². The number of hydrogen-bond donors (Lipinski definition) is 2. The average molecular weight is 232 g/mol. The van der Waals surface area contributed by atoms with Gasteiger partial charge in [-0.15, -0.1) is 0 Å². The van der Waals surface area contributed by atoms with Gasteiger partial charge in [0.15, 0.2) is 0 Å². The molecule has 1 amide bonds. The van der Waals surface area contributed by atoms with Crippen molar-refractivity contribution in [1.82, 2.24) is 5.32 Å². The lowest BCUT2D eigenvalue weighted by molar-refractivity contribution is -0.142. The number of methoxy groups -OCH3 is 1. The summed E-state index contributed by atoms with van der Waals surface area (Å²) in [6.07, 6.45) is 0.0607. The van der Waals surface area contributed by atoms with Crippen LogP contribution in [0.1, 0.15) is 19.3 Å². The largest absolute Gasteiger partial charge is 0.468 e. The Bertz CT molecular complexity index is 273. The molecular formula is C10H17FN2O3. The zero-order valence-corrected chi connectivity index (χ0v) is 9.24. The highest BCUT2D eigenvalue weighted by Gasteiger charge is 2.34. The minimum absolute atomic E-state index is 0.138. The second-order valence-corrected chi connectivity index (χ2v) is 3.99. The maximum Gasteiger partial charge on any atom is 0.325 e. The molecule has 92 valence electrons. The van der Waals surface area contributed by atoms with Crippen molar-refractivity contribution in [3.05, 3.63) is 0 Å². The molecular weight excluding hydrogens is 215 g/mol. The number of halogens is 1. The van der Waals surface area contributed by atoms with E-state index < -0.39 is 24.0 Å². The first kappa shape index (κ1) is 12.9. The van der Waals surface area contributed by atoms with Gasteiger partial charge in [0.25, 0.3) is 0 Å². The molecule has 1 fully saturated rings. The van der Waals surface area contributed by atoms with Crippen molar-refractivity contribution in [1.29, 1.82) is 0 Å². The fourth-order valence-corrected chi connectivity index (χ4v) is 1.80. The van der Waals surface area contributed by atoms with Gasteiger partial charge in [-0.25, -0.2) is 4.39 Å². The van der Waals surface area contributed by atoms with E-state index in [9.17, 15) is 14.0 Å². The van der Waals surface area contributed by atoms with Crippen LogP contribution < -0.4 is 11.1 Å². The van der Waals surface area contributed by atoms with E-state index in [1.54, 1.807) is 0 Å². The van der Waals surface area contributed by atoms with Crippen LogP contribution in [0.25, 0.3) is 0 Å². The third-order valence-electron chi connectivity index (χ3n) is 2.78. The van der Waals surface area contributed by atoms with Gasteiger partial charge < -0.3 is 15.8 Å². The molecule has 6 heteroatoms. The van der Waals surface area contributed by atoms with E-state index in [0.29, 0.717) is 19.3 Å². The van der Waals surface area contributed by atoms with Crippen LogP contribution in [0, 0.1) is 5.92 Å². The Labute approximate surface area is 93.5 Å². The van der Waals surface area contributed by atoms with Crippen LogP contribution in [-0.4, -0.2) is 37.7 Å². The summed E-state index contributed by atoms with van der Waals surface area (Å²) in [5.74, 6) is -1.76. The van der Waals surface area contributed by atoms with Gasteiger partial charge in [0, 0.05) is 6.04 Å². The van der Waals surface area contributed by atoms with Crippen LogP contribution in [0.3, 0.4) is 0 Å². The monoisotopic (exact) mass is 232 g/mol. The molecule has 3 unspecified atom stereocenters. The molecule has 0 aromatic carbocycles. The molecule has 1 aliphatic carbocycles. The van der Waals surface area contributed by atoms with Crippen molar-refractivity contribution in [3.63, 3.8) is 0 Å². The van der Waals surface area contributed by atoms with Gasteiger partial charge in [-0.2, -0.15) is 0 Å². The standard InChI is InChI=1S/C10H17FN2O3/c1-16-9(14)5-13-10(15)7-4-6(12)2-3-8(7)11/h6-8H,2-5,12H2,1H3,(H,13,15). The number of alkyl halides is 1. The molecule has 1 rings (SSSR count). The fourth-order valence-electron chi connectivity index (χ4n) is 1.80. The molecule has 16 heavy (non-hydrogen) atoms. The molecule has 3 N–H and O–H groups in total. The third kappa shape index (κ3) is 3.44. The van der Waals surface area contributed by atoms with Gasteiger partial charge in [0.2, 0.25) is 5.91 Å². The highest BCUT2D eigenvalue weighted by Crippen LogP contribution is 2.26. The Morgan fingerprint density at radius 2 is 2.19 bits per heavy atom. The summed E-state index contributed by atoms with van der Waals surface area (Å²) >= 11 is 0. The molecule has 5 nitrogen and oxygen atoms in total. The van der Waals surface area contributed by atoms with Crippen molar-refractivity contribution in [3.8, 4) is 0 Å². The molecule has 0 spiro atoms. The number of nitrogens with one attached hydrogen (secondary N) is 1. The fraction of sp³-hybridized carbons (Fsp3) is 0.800. The number of carbonyl (C=O) groups excluding carboxylic acids is 2. The van der Waals surface area contributed by atoms with Gasteiger partial charge in [-0.05, 0) is 19.3 Å². The Morgan fingerprint density at radius 3 is 2.81 bits per heavy atom. The van der Waals surface area contributed by atoms with Crippen molar-refractivity contribution >= 4 is 11.9 Å². The molecule has 1 saturated carbocycles. The molecule has 0 aromatic rings. The van der Waals surface area contributed by atoms with Crippen LogP contribution in [0.15, 0.2) is 0 Å². The smallest absolute Gasteiger partial charge is 0.325 e. The van der Waals surface area contributed by atoms with Crippen LogP contribution in [0.5, 0.6) is 0 Å². The zero-order valence-electron chi connectivity index (χ0n) is 9.24. The highest BCUT2D eigenvalue weighted by atomic mass is 19.1. The van der Waals surface area contributed by atoms with Crippen molar-refractivity contribution < 1.29 is 18.7 Å². The van der Waals surface area contributed by atoms with Gasteiger partial charge in [0.05, 0.1) is 13.0 Å². The maximum atomic E-state index is 13.4. The second kappa shape index (κ2) is 5.79. The molecule has 0 bridgehead atoms. The summed E-state index contributed by atoms with van der Waals surface area (Å²) in [6.45, 7) is -0.228. The van der Waals surface area contributed by atoms with Gasteiger partial charge in [-0.3, -0.25) is 9.59 Å². The molecule has 0 heterocycles. The molecule has 0 saturated heterocycles. The molecule has 0 radical (unpaired) electrons. The summed E-state index contributed by atoms with van der Waals surface area (Å²) in [5, 5.41) is 2.35. The second-order valence-electron chi connectivity index (χ2n) is 3.99. The van der Waals surface area contributed by atoms with E-state index in [-0.39, 0.29) is 12.6 Å². The number of amides is 1. The van der Waals surface area contributed by atoms with E-state index >= 15 is 0 Å². The first-order valence-electron chi connectivity index (χ1n) is 5.28. The van der Waals surface area contributed by atoms with E-state index in [2.05, 4.69) is 10.1 Å². The Balaban J connectivity index is 2.42. The van der Waals surface area contributed by atoms with E-state index in [4.69, 9.17) is 5.73 Å². The van der Waals surface area contributed by atoms with Crippen molar-refractivity contribution in [2.24, 2.45) is 11.7 Å². The van der Waals surface area contributed by atoms with Gasteiger partial charge in [0.1, 0.15) is 12.7 Å². The summed E-state index contributed by atoms with van der Waals surface area (Å²) < 4.78 is 17.8. The van der Waals surface area contributed by atoms with Crippen LogP contribution in [0.4, 0.5) is 4.39 Å². The van der Waals surface area contributed by atoms with Gasteiger partial charge in [-0.1, -0.05) is 0 Å². The summed E-state index contributed by atoms with van der Waals surface area (Å²) in [5.41, 5.74) is 5.67. The number of carbonyl (C=O) groups is 2. The van der Waals surface area contributed by atoms with Crippen molar-refractivity contribution in [2.45, 2.75) is 31.5 Å². The van der Waals surface area contributed by atoms with E-state index in [0.717, 1.165) is 0 Å². The summed E-state index contributed by atoms with van der Waals surface area (Å²) in [7, 11) is 1.23. The predicted molar refractivity (Wildman–Crippen MR) is 55.2 cm³/mol. The molecule has 0 aromatic heterocycles. The van der Waals surface area contributed by atoms with Crippen molar-refractivity contribution in [2.75, 3.05) is 13.7 Å². The third-order valence-corrected chi connectivity index (χ3v) is 2.78. The van der Waals surface area contributed by atoms with Crippen LogP contribution in [0.2, 0.25) is 0 Å². The Hall–Kier alpha value is -1.17. The highest BCUT2D eigenvalue weighted by molar-refractivity contribution is 5.84.